The number of carbonyl (C=O) groups is 1. The minimum Gasteiger partial charge on any atom is -0.390 e. The van der Waals surface area contributed by atoms with Gasteiger partial charge in [-0.3, -0.25) is 10.2 Å². The molecule has 27 heavy (non-hydrogen) atoms. The number of rotatable bonds is 8. The number of halogens is 1. The number of ketones is 1. The summed E-state index contributed by atoms with van der Waals surface area (Å²) < 4.78 is 13.5. The zero-order valence-electron chi connectivity index (χ0n) is 15.5. The molecule has 0 aromatic heterocycles. The predicted molar refractivity (Wildman–Crippen MR) is 104 cm³/mol. The van der Waals surface area contributed by atoms with Crippen LogP contribution in [0.3, 0.4) is 0 Å². The van der Waals surface area contributed by atoms with E-state index in [-0.39, 0.29) is 17.2 Å². The fourth-order valence-corrected chi connectivity index (χ4v) is 3.18. The van der Waals surface area contributed by atoms with Crippen LogP contribution in [0.1, 0.15) is 42.6 Å². The summed E-state index contributed by atoms with van der Waals surface area (Å²) in [6, 6.07) is 3.91. The number of amidine groups is 2. The van der Waals surface area contributed by atoms with Crippen LogP contribution >= 0.6 is 0 Å². The normalized spacial score (nSPS) is 23.3. The van der Waals surface area contributed by atoms with Gasteiger partial charge in [0, 0.05) is 42.2 Å². The second kappa shape index (κ2) is 7.42. The van der Waals surface area contributed by atoms with Gasteiger partial charge < -0.3 is 16.0 Å². The van der Waals surface area contributed by atoms with Gasteiger partial charge in [0.25, 0.3) is 0 Å². The molecule has 2 aliphatic carbocycles. The molecule has 0 aliphatic heterocycles. The van der Waals surface area contributed by atoms with Crippen molar-refractivity contribution in [2.24, 2.45) is 16.3 Å². The SMILES string of the molecule is CC(=N)/N=C(\NC/C(C=N)=C/NCC12CC1C2)c1ccc(F)cc1C(C)=O. The number of hydrogen-bond acceptors (Lipinski definition) is 4. The first-order valence-corrected chi connectivity index (χ1v) is 8.96. The lowest BCUT2D eigenvalue weighted by Crippen LogP contribution is -2.30. The van der Waals surface area contributed by atoms with Crippen LogP contribution in [0.5, 0.6) is 0 Å². The predicted octanol–water partition coefficient (Wildman–Crippen LogP) is 2.89. The van der Waals surface area contributed by atoms with Crippen molar-refractivity contribution in [1.29, 1.82) is 10.8 Å². The largest absolute Gasteiger partial charge is 0.390 e. The maximum absolute atomic E-state index is 13.5. The maximum Gasteiger partial charge on any atom is 0.160 e. The van der Waals surface area contributed by atoms with Crippen LogP contribution < -0.4 is 10.6 Å². The summed E-state index contributed by atoms with van der Waals surface area (Å²) in [5.74, 6) is 0.481. The van der Waals surface area contributed by atoms with Crippen LogP contribution in [0.25, 0.3) is 0 Å². The van der Waals surface area contributed by atoms with Gasteiger partial charge in [-0.25, -0.2) is 9.38 Å². The quantitative estimate of drug-likeness (QED) is 0.322. The van der Waals surface area contributed by atoms with Crippen molar-refractivity contribution >= 4 is 23.7 Å². The van der Waals surface area contributed by atoms with Crippen LogP contribution in [-0.2, 0) is 0 Å². The molecule has 0 heterocycles. The molecule has 7 heteroatoms. The van der Waals surface area contributed by atoms with Gasteiger partial charge in [-0.05, 0) is 56.2 Å². The lowest BCUT2D eigenvalue weighted by Gasteiger charge is -2.14. The van der Waals surface area contributed by atoms with Crippen molar-refractivity contribution in [3.63, 3.8) is 0 Å². The van der Waals surface area contributed by atoms with E-state index < -0.39 is 5.82 Å². The van der Waals surface area contributed by atoms with Gasteiger partial charge in [0.1, 0.15) is 17.5 Å². The smallest absolute Gasteiger partial charge is 0.160 e. The molecule has 142 valence electrons. The highest BCUT2D eigenvalue weighted by atomic mass is 19.1. The summed E-state index contributed by atoms with van der Waals surface area (Å²) in [5, 5.41) is 21.6. The van der Waals surface area contributed by atoms with E-state index in [1.54, 1.807) is 0 Å². The van der Waals surface area contributed by atoms with Crippen molar-refractivity contribution in [3.8, 4) is 0 Å². The first kappa shape index (κ1) is 18.9. The lowest BCUT2D eigenvalue weighted by molar-refractivity contribution is 0.101. The standard InChI is InChI=1S/C20H24FN5O/c1-12(27)18-5-16(21)3-4-17(18)19(26-13(2)23)25-10-14(8-22)9-24-11-20-6-15(20)7-20/h3-5,8-9,15,22,24H,6-7,10-11H2,1-2H3,(H2,23,25,26)/b14-9+,22-8?. The van der Waals surface area contributed by atoms with Crippen LogP contribution in [0.15, 0.2) is 35.0 Å². The molecule has 0 amide bonds. The van der Waals surface area contributed by atoms with E-state index in [2.05, 4.69) is 15.6 Å². The number of fused-ring (bicyclic) bond motifs is 1. The van der Waals surface area contributed by atoms with Crippen LogP contribution in [0.4, 0.5) is 4.39 Å². The molecule has 2 aliphatic rings. The summed E-state index contributed by atoms with van der Waals surface area (Å²) in [4.78, 5) is 16.0. The molecule has 0 spiro atoms. The van der Waals surface area contributed by atoms with Gasteiger partial charge in [0.05, 0.1) is 0 Å². The number of benzene rings is 1. The highest BCUT2D eigenvalue weighted by Gasteiger charge is 2.68. The van der Waals surface area contributed by atoms with Crippen LogP contribution in [-0.4, -0.2) is 36.8 Å². The summed E-state index contributed by atoms with van der Waals surface area (Å²) in [6.07, 6.45) is 5.67. The minimum atomic E-state index is -0.503. The van der Waals surface area contributed by atoms with Crippen molar-refractivity contribution in [1.82, 2.24) is 10.6 Å². The second-order valence-electron chi connectivity index (χ2n) is 7.36. The van der Waals surface area contributed by atoms with E-state index in [1.807, 2.05) is 6.20 Å². The lowest BCUT2D eigenvalue weighted by atomic mass is 10.0. The molecule has 0 radical (unpaired) electrons. The number of hydrogen-bond donors (Lipinski definition) is 4. The Labute approximate surface area is 158 Å². The fourth-order valence-electron chi connectivity index (χ4n) is 3.18. The van der Waals surface area contributed by atoms with E-state index in [0.29, 0.717) is 28.9 Å². The van der Waals surface area contributed by atoms with Gasteiger partial charge in [0.2, 0.25) is 0 Å². The monoisotopic (exact) mass is 369 g/mol. The van der Waals surface area contributed by atoms with E-state index in [0.717, 1.165) is 12.5 Å². The first-order valence-electron chi connectivity index (χ1n) is 8.96. The summed E-state index contributed by atoms with van der Waals surface area (Å²) in [6.45, 7) is 4.12. The van der Waals surface area contributed by atoms with E-state index >= 15 is 0 Å². The number of nitrogens with one attached hydrogen (secondary N) is 4. The molecule has 3 rings (SSSR count). The number of nitrogens with zero attached hydrogens (tertiary/aromatic N) is 1. The van der Waals surface area contributed by atoms with Gasteiger partial charge >= 0.3 is 0 Å². The van der Waals surface area contributed by atoms with Crippen LogP contribution in [0.2, 0.25) is 0 Å². The molecule has 2 fully saturated rings. The first-order chi connectivity index (χ1) is 12.8. The Kier molecular flexibility index (Phi) is 5.21. The highest BCUT2D eigenvalue weighted by molar-refractivity contribution is 6.12. The van der Waals surface area contributed by atoms with E-state index in [9.17, 15) is 9.18 Å². The molecule has 0 saturated heterocycles. The van der Waals surface area contributed by atoms with Gasteiger partial charge in [-0.1, -0.05) is 0 Å². The summed E-state index contributed by atoms with van der Waals surface area (Å²) >= 11 is 0. The topological polar surface area (TPSA) is 101 Å². The third kappa shape index (κ3) is 4.48. The molecule has 0 bridgehead atoms. The molecule has 6 nitrogen and oxygen atoms in total. The number of aliphatic imine (C=N–C) groups is 1. The Morgan fingerprint density at radius 3 is 2.63 bits per heavy atom. The summed E-state index contributed by atoms with van der Waals surface area (Å²) in [5.41, 5.74) is 1.87. The van der Waals surface area contributed by atoms with Gasteiger partial charge in [-0.2, -0.15) is 0 Å². The highest BCUT2D eigenvalue weighted by Crippen LogP contribution is 2.74. The Morgan fingerprint density at radius 1 is 1.37 bits per heavy atom. The van der Waals surface area contributed by atoms with Crippen molar-refractivity contribution < 1.29 is 9.18 Å². The minimum absolute atomic E-state index is 0.0578. The Morgan fingerprint density at radius 2 is 2.07 bits per heavy atom. The van der Waals surface area contributed by atoms with Crippen molar-refractivity contribution in [2.45, 2.75) is 26.7 Å². The second-order valence-corrected chi connectivity index (χ2v) is 7.36. The maximum atomic E-state index is 13.5. The molecule has 2 saturated carbocycles. The van der Waals surface area contributed by atoms with E-state index in [1.165, 1.54) is 51.1 Å². The van der Waals surface area contributed by atoms with Crippen molar-refractivity contribution in [2.75, 3.05) is 13.1 Å². The Bertz CT molecular complexity index is 852. The van der Waals surface area contributed by atoms with Crippen molar-refractivity contribution in [3.05, 3.63) is 46.9 Å². The average molecular weight is 369 g/mol. The van der Waals surface area contributed by atoms with Crippen LogP contribution in [0, 0.1) is 28.0 Å². The zero-order chi connectivity index (χ0) is 19.6. The molecular weight excluding hydrogens is 345 g/mol. The average Bonchev–Trinajstić information content (AvgIpc) is 3.46. The number of Topliss-reactive ketones (excluding diaryl/α,β-unsaturated/α-hetero) is 1. The van der Waals surface area contributed by atoms with Gasteiger partial charge in [0.15, 0.2) is 5.78 Å². The number of carbonyl (C=O) groups excluding carboxylic acids is 1. The summed E-state index contributed by atoms with van der Waals surface area (Å²) in [7, 11) is 0. The third-order valence-electron chi connectivity index (χ3n) is 5.13. The molecule has 0 unspecified atom stereocenters. The Balaban J connectivity index is 1.73. The fraction of sp³-hybridized carbons (Fsp3) is 0.400. The molecule has 1 aromatic carbocycles. The van der Waals surface area contributed by atoms with E-state index in [4.69, 9.17) is 10.8 Å². The molecular formula is C20H24FN5O. The van der Waals surface area contributed by atoms with Gasteiger partial charge in [-0.15, -0.1) is 0 Å². The molecule has 1 aromatic rings. The Hall–Kier alpha value is -2.83. The third-order valence-corrected chi connectivity index (χ3v) is 5.13. The molecule has 0 atom stereocenters. The molecule has 4 N–H and O–H groups in total. The zero-order valence-corrected chi connectivity index (χ0v) is 15.5.